The average molecular weight is 286 g/mol. The molecule has 0 saturated heterocycles. The van der Waals surface area contributed by atoms with Crippen LogP contribution in [0.4, 0.5) is 0 Å². The van der Waals surface area contributed by atoms with E-state index in [0.717, 1.165) is 16.5 Å². The van der Waals surface area contributed by atoms with Gasteiger partial charge < -0.3 is 5.32 Å². The van der Waals surface area contributed by atoms with Crippen molar-refractivity contribution >= 4 is 23.2 Å². The lowest BCUT2D eigenvalue weighted by atomic mass is 9.85. The predicted molar refractivity (Wildman–Crippen MR) is 79.4 cm³/mol. The Kier molecular flexibility index (Phi) is 4.94. The molecule has 0 heterocycles. The zero-order valence-corrected chi connectivity index (χ0v) is 12.6. The van der Waals surface area contributed by atoms with Crippen LogP contribution in [0, 0.1) is 5.92 Å². The molecule has 0 aromatic heterocycles. The highest BCUT2D eigenvalue weighted by molar-refractivity contribution is 6.35. The van der Waals surface area contributed by atoms with E-state index < -0.39 is 0 Å². The number of hydrogen-bond donors (Lipinski definition) is 1. The normalized spacial score (nSPS) is 26.0. The minimum Gasteiger partial charge on any atom is -0.307 e. The van der Waals surface area contributed by atoms with Gasteiger partial charge >= 0.3 is 0 Å². The SMILES string of the molecule is CC(NC1CCCCC1C)c1ccc(Cl)cc1Cl. The van der Waals surface area contributed by atoms with Crippen molar-refractivity contribution in [3.05, 3.63) is 33.8 Å². The van der Waals surface area contributed by atoms with Gasteiger partial charge in [-0.25, -0.2) is 0 Å². The van der Waals surface area contributed by atoms with E-state index in [0.29, 0.717) is 11.1 Å². The largest absolute Gasteiger partial charge is 0.307 e. The Balaban J connectivity index is 2.04. The highest BCUT2D eigenvalue weighted by Crippen LogP contribution is 2.29. The van der Waals surface area contributed by atoms with Crippen LogP contribution in [0.25, 0.3) is 0 Å². The summed E-state index contributed by atoms with van der Waals surface area (Å²) < 4.78 is 0. The van der Waals surface area contributed by atoms with E-state index in [1.54, 1.807) is 0 Å². The molecule has 1 saturated carbocycles. The summed E-state index contributed by atoms with van der Waals surface area (Å²) in [4.78, 5) is 0. The molecule has 0 bridgehead atoms. The Morgan fingerprint density at radius 3 is 2.61 bits per heavy atom. The van der Waals surface area contributed by atoms with Gasteiger partial charge in [-0.3, -0.25) is 0 Å². The molecular weight excluding hydrogens is 265 g/mol. The topological polar surface area (TPSA) is 12.0 Å². The van der Waals surface area contributed by atoms with Crippen LogP contribution in [-0.2, 0) is 0 Å². The molecule has 0 radical (unpaired) electrons. The van der Waals surface area contributed by atoms with Crippen LogP contribution in [0.3, 0.4) is 0 Å². The molecule has 2 rings (SSSR count). The first-order chi connectivity index (χ1) is 8.58. The van der Waals surface area contributed by atoms with Crippen LogP contribution in [0.5, 0.6) is 0 Å². The summed E-state index contributed by atoms with van der Waals surface area (Å²) in [7, 11) is 0. The zero-order chi connectivity index (χ0) is 13.1. The first-order valence-electron chi connectivity index (χ1n) is 6.79. The second-order valence-corrected chi connectivity index (χ2v) is 6.27. The third-order valence-corrected chi connectivity index (χ3v) is 4.57. The molecule has 18 heavy (non-hydrogen) atoms. The molecule has 1 aliphatic rings. The molecular formula is C15H21Cl2N. The van der Waals surface area contributed by atoms with Gasteiger partial charge in [0.1, 0.15) is 0 Å². The molecule has 3 heteroatoms. The zero-order valence-electron chi connectivity index (χ0n) is 11.0. The minimum absolute atomic E-state index is 0.278. The Hall–Kier alpha value is -0.240. The second-order valence-electron chi connectivity index (χ2n) is 5.42. The van der Waals surface area contributed by atoms with Crippen molar-refractivity contribution in [2.45, 2.75) is 51.6 Å². The van der Waals surface area contributed by atoms with E-state index in [4.69, 9.17) is 23.2 Å². The predicted octanol–water partition coefficient (Wildman–Crippen LogP) is 5.22. The molecule has 1 N–H and O–H groups in total. The fourth-order valence-electron chi connectivity index (χ4n) is 2.83. The van der Waals surface area contributed by atoms with Crippen LogP contribution in [-0.4, -0.2) is 6.04 Å². The summed E-state index contributed by atoms with van der Waals surface area (Å²) in [5.74, 6) is 0.757. The summed E-state index contributed by atoms with van der Waals surface area (Å²) >= 11 is 12.2. The van der Waals surface area contributed by atoms with Gasteiger partial charge in [-0.15, -0.1) is 0 Å². The van der Waals surface area contributed by atoms with Crippen LogP contribution >= 0.6 is 23.2 Å². The number of nitrogens with one attached hydrogen (secondary N) is 1. The minimum atomic E-state index is 0.278. The number of hydrogen-bond acceptors (Lipinski definition) is 1. The molecule has 0 amide bonds. The van der Waals surface area contributed by atoms with Crippen molar-refractivity contribution in [2.75, 3.05) is 0 Å². The molecule has 3 atom stereocenters. The Labute approximate surface area is 120 Å². The molecule has 1 aliphatic carbocycles. The lowest BCUT2D eigenvalue weighted by Crippen LogP contribution is -2.38. The monoisotopic (exact) mass is 285 g/mol. The van der Waals surface area contributed by atoms with Crippen LogP contribution in [0.15, 0.2) is 18.2 Å². The van der Waals surface area contributed by atoms with Crippen molar-refractivity contribution < 1.29 is 0 Å². The third-order valence-electron chi connectivity index (χ3n) is 4.00. The lowest BCUT2D eigenvalue weighted by molar-refractivity contribution is 0.263. The van der Waals surface area contributed by atoms with E-state index in [1.807, 2.05) is 18.2 Å². The molecule has 100 valence electrons. The summed E-state index contributed by atoms with van der Waals surface area (Å²) in [5, 5.41) is 5.17. The van der Waals surface area contributed by atoms with Crippen LogP contribution < -0.4 is 5.32 Å². The fourth-order valence-corrected chi connectivity index (χ4v) is 3.40. The maximum absolute atomic E-state index is 6.25. The third kappa shape index (κ3) is 3.40. The van der Waals surface area contributed by atoms with Crippen molar-refractivity contribution in [3.63, 3.8) is 0 Å². The molecule has 3 unspecified atom stereocenters. The van der Waals surface area contributed by atoms with E-state index in [-0.39, 0.29) is 6.04 Å². The summed E-state index contributed by atoms with van der Waals surface area (Å²) in [6.07, 6.45) is 5.31. The van der Waals surface area contributed by atoms with E-state index in [2.05, 4.69) is 19.2 Å². The second kappa shape index (κ2) is 6.27. The summed E-state index contributed by atoms with van der Waals surface area (Å²) in [6.45, 7) is 4.52. The Morgan fingerprint density at radius 1 is 1.22 bits per heavy atom. The van der Waals surface area contributed by atoms with Gasteiger partial charge in [0.2, 0.25) is 0 Å². The average Bonchev–Trinajstić information content (AvgIpc) is 2.32. The van der Waals surface area contributed by atoms with Crippen LogP contribution in [0.2, 0.25) is 10.0 Å². The fraction of sp³-hybridized carbons (Fsp3) is 0.600. The Morgan fingerprint density at radius 2 is 1.94 bits per heavy atom. The molecule has 1 aromatic carbocycles. The van der Waals surface area contributed by atoms with E-state index in [1.165, 1.54) is 25.7 Å². The summed E-state index contributed by atoms with van der Waals surface area (Å²) in [5.41, 5.74) is 1.14. The van der Waals surface area contributed by atoms with Gasteiger partial charge in [0.25, 0.3) is 0 Å². The maximum Gasteiger partial charge on any atom is 0.0468 e. The van der Waals surface area contributed by atoms with E-state index in [9.17, 15) is 0 Å². The number of rotatable bonds is 3. The quantitative estimate of drug-likeness (QED) is 0.803. The maximum atomic E-state index is 6.25. The molecule has 0 aliphatic heterocycles. The van der Waals surface area contributed by atoms with Gasteiger partial charge in [0.15, 0.2) is 0 Å². The first-order valence-corrected chi connectivity index (χ1v) is 7.54. The van der Waals surface area contributed by atoms with E-state index >= 15 is 0 Å². The van der Waals surface area contributed by atoms with Gasteiger partial charge in [-0.05, 0) is 43.4 Å². The first kappa shape index (κ1) is 14.2. The van der Waals surface area contributed by atoms with Crippen molar-refractivity contribution in [1.82, 2.24) is 5.32 Å². The summed E-state index contributed by atoms with van der Waals surface area (Å²) in [6, 6.07) is 6.64. The van der Waals surface area contributed by atoms with Gasteiger partial charge in [0.05, 0.1) is 0 Å². The highest BCUT2D eigenvalue weighted by Gasteiger charge is 2.23. The molecule has 1 fully saturated rings. The smallest absolute Gasteiger partial charge is 0.0468 e. The number of halogens is 2. The molecule has 0 spiro atoms. The molecule has 1 aromatic rings. The van der Waals surface area contributed by atoms with Gasteiger partial charge in [-0.2, -0.15) is 0 Å². The van der Waals surface area contributed by atoms with Crippen molar-refractivity contribution in [3.8, 4) is 0 Å². The Bertz CT molecular complexity index is 405. The highest BCUT2D eigenvalue weighted by atomic mass is 35.5. The lowest BCUT2D eigenvalue weighted by Gasteiger charge is -2.32. The number of benzene rings is 1. The van der Waals surface area contributed by atoms with Crippen molar-refractivity contribution in [2.24, 2.45) is 5.92 Å². The van der Waals surface area contributed by atoms with Crippen LogP contribution in [0.1, 0.15) is 51.1 Å². The molecule has 1 nitrogen and oxygen atoms in total. The van der Waals surface area contributed by atoms with Gasteiger partial charge in [-0.1, -0.05) is 49.0 Å². The standard InChI is InChI=1S/C15H21Cl2N/c1-10-5-3-4-6-15(10)18-11(2)13-8-7-12(16)9-14(13)17/h7-11,15,18H,3-6H2,1-2H3. The van der Waals surface area contributed by atoms with Gasteiger partial charge in [0, 0.05) is 22.1 Å². The van der Waals surface area contributed by atoms with Crippen molar-refractivity contribution in [1.29, 1.82) is 0 Å².